The molecule has 0 aliphatic rings. The van der Waals surface area contributed by atoms with Crippen LogP contribution in [0.3, 0.4) is 0 Å². The van der Waals surface area contributed by atoms with Crippen molar-refractivity contribution in [3.05, 3.63) is 50.9 Å². The van der Waals surface area contributed by atoms with Crippen LogP contribution in [-0.2, 0) is 0 Å². The molecule has 1 amide bonds. The number of nitrogens with one attached hydrogen (secondary N) is 1. The molecule has 0 fully saturated rings. The van der Waals surface area contributed by atoms with Crippen molar-refractivity contribution in [1.29, 1.82) is 0 Å². The fraction of sp³-hybridized carbons (Fsp3) is 0.0714. The van der Waals surface area contributed by atoms with Gasteiger partial charge in [0.05, 0.1) is 4.88 Å². The second-order valence-corrected chi connectivity index (χ2v) is 7.03. The minimum atomic E-state index is -0.246. The van der Waals surface area contributed by atoms with E-state index in [1.165, 1.54) is 11.3 Å². The second-order valence-electron chi connectivity index (χ2n) is 4.34. The highest BCUT2D eigenvalue weighted by Crippen LogP contribution is 2.32. The Balaban J connectivity index is 1.76. The Morgan fingerprint density at radius 2 is 2.14 bits per heavy atom. The number of pyridine rings is 1. The summed E-state index contributed by atoms with van der Waals surface area (Å²) in [4.78, 5) is 21.7. The average molecular weight is 380 g/mol. The number of amides is 1. The van der Waals surface area contributed by atoms with Crippen molar-refractivity contribution in [3.8, 4) is 9.88 Å². The average Bonchev–Trinajstić information content (AvgIpc) is 3.10. The molecule has 3 aromatic heterocycles. The standard InChI is InChI=1S/C14H10BrN3OS2/c1-8-2-3-12(16-5-8)18-13(19)10-7-21-14(17-10)11-4-9(15)6-20-11/h2-7H,1H3,(H,16,18,19). The number of carbonyl (C=O) groups excluding carboxylic acids is 1. The predicted molar refractivity (Wildman–Crippen MR) is 90.1 cm³/mol. The number of hydrogen-bond acceptors (Lipinski definition) is 5. The topological polar surface area (TPSA) is 54.9 Å². The number of anilines is 1. The van der Waals surface area contributed by atoms with Gasteiger partial charge in [0.15, 0.2) is 0 Å². The van der Waals surface area contributed by atoms with Crippen molar-refractivity contribution in [2.75, 3.05) is 5.32 Å². The van der Waals surface area contributed by atoms with Crippen LogP contribution in [0.2, 0.25) is 0 Å². The van der Waals surface area contributed by atoms with Crippen LogP contribution in [0.25, 0.3) is 9.88 Å². The molecule has 0 atom stereocenters. The van der Waals surface area contributed by atoms with Gasteiger partial charge in [-0.15, -0.1) is 22.7 Å². The largest absolute Gasteiger partial charge is 0.305 e. The van der Waals surface area contributed by atoms with E-state index in [9.17, 15) is 4.79 Å². The van der Waals surface area contributed by atoms with E-state index in [0.29, 0.717) is 11.5 Å². The monoisotopic (exact) mass is 379 g/mol. The molecule has 21 heavy (non-hydrogen) atoms. The van der Waals surface area contributed by atoms with Crippen LogP contribution in [-0.4, -0.2) is 15.9 Å². The smallest absolute Gasteiger partial charge is 0.276 e. The zero-order valence-electron chi connectivity index (χ0n) is 11.0. The summed E-state index contributed by atoms with van der Waals surface area (Å²) in [6.45, 7) is 1.95. The van der Waals surface area contributed by atoms with Gasteiger partial charge in [-0.2, -0.15) is 0 Å². The lowest BCUT2D eigenvalue weighted by Gasteiger charge is -2.01. The minimum absolute atomic E-state index is 0.246. The molecule has 0 aromatic carbocycles. The molecule has 7 heteroatoms. The first kappa shape index (κ1) is 14.4. The molecular weight excluding hydrogens is 370 g/mol. The van der Waals surface area contributed by atoms with Crippen LogP contribution >= 0.6 is 38.6 Å². The molecule has 3 heterocycles. The summed E-state index contributed by atoms with van der Waals surface area (Å²) in [6.07, 6.45) is 1.71. The maximum atomic E-state index is 12.1. The van der Waals surface area contributed by atoms with Crippen molar-refractivity contribution in [2.24, 2.45) is 0 Å². The number of thiazole rings is 1. The van der Waals surface area contributed by atoms with E-state index in [1.807, 2.05) is 24.4 Å². The highest BCUT2D eigenvalue weighted by molar-refractivity contribution is 9.10. The third kappa shape index (κ3) is 3.37. The molecule has 0 unspecified atom stereocenters. The predicted octanol–water partition coefficient (Wildman–Crippen LogP) is 4.59. The first-order valence-corrected chi connectivity index (χ1v) is 8.61. The Hall–Kier alpha value is -1.57. The maximum absolute atomic E-state index is 12.1. The molecule has 4 nitrogen and oxygen atoms in total. The van der Waals surface area contributed by atoms with Gasteiger partial charge in [0.1, 0.15) is 16.5 Å². The minimum Gasteiger partial charge on any atom is -0.305 e. The van der Waals surface area contributed by atoms with Gasteiger partial charge in [-0.3, -0.25) is 4.79 Å². The lowest BCUT2D eigenvalue weighted by molar-refractivity contribution is 0.102. The van der Waals surface area contributed by atoms with Crippen LogP contribution < -0.4 is 5.32 Å². The molecule has 0 saturated heterocycles. The quantitative estimate of drug-likeness (QED) is 0.723. The molecule has 0 spiro atoms. The van der Waals surface area contributed by atoms with Gasteiger partial charge in [0.25, 0.3) is 5.91 Å². The first-order chi connectivity index (χ1) is 10.1. The van der Waals surface area contributed by atoms with Crippen molar-refractivity contribution in [3.63, 3.8) is 0 Å². The lowest BCUT2D eigenvalue weighted by Crippen LogP contribution is -2.13. The van der Waals surface area contributed by atoms with Crippen LogP contribution in [0, 0.1) is 6.92 Å². The Morgan fingerprint density at radius 1 is 1.29 bits per heavy atom. The highest BCUT2D eigenvalue weighted by atomic mass is 79.9. The van der Waals surface area contributed by atoms with E-state index < -0.39 is 0 Å². The normalized spacial score (nSPS) is 10.6. The number of aromatic nitrogens is 2. The van der Waals surface area contributed by atoms with Gasteiger partial charge in [-0.1, -0.05) is 6.07 Å². The van der Waals surface area contributed by atoms with Gasteiger partial charge in [0.2, 0.25) is 0 Å². The Bertz CT molecular complexity index is 780. The van der Waals surface area contributed by atoms with E-state index >= 15 is 0 Å². The number of thiophene rings is 1. The molecule has 0 aliphatic heterocycles. The van der Waals surface area contributed by atoms with E-state index in [4.69, 9.17) is 0 Å². The van der Waals surface area contributed by atoms with Gasteiger partial charge in [-0.05, 0) is 40.5 Å². The SMILES string of the molecule is Cc1ccc(NC(=O)c2csc(-c3cc(Br)cs3)n2)nc1. The van der Waals surface area contributed by atoms with Gasteiger partial charge in [0, 0.05) is 21.4 Å². The van der Waals surface area contributed by atoms with E-state index in [0.717, 1.165) is 19.9 Å². The van der Waals surface area contributed by atoms with Crippen molar-refractivity contribution in [1.82, 2.24) is 9.97 Å². The number of aryl methyl sites for hydroxylation is 1. The number of rotatable bonds is 3. The Labute approximate surface area is 138 Å². The Morgan fingerprint density at radius 3 is 2.81 bits per heavy atom. The summed E-state index contributed by atoms with van der Waals surface area (Å²) >= 11 is 6.46. The Kier molecular flexibility index (Phi) is 4.14. The van der Waals surface area contributed by atoms with Crippen LogP contribution in [0.5, 0.6) is 0 Å². The van der Waals surface area contributed by atoms with E-state index in [-0.39, 0.29) is 5.91 Å². The summed E-state index contributed by atoms with van der Waals surface area (Å²) in [5.74, 6) is 0.281. The molecule has 3 aromatic rings. The van der Waals surface area contributed by atoms with Crippen molar-refractivity contribution >= 4 is 50.3 Å². The maximum Gasteiger partial charge on any atom is 0.276 e. The van der Waals surface area contributed by atoms with E-state index in [1.54, 1.807) is 29.0 Å². The third-order valence-corrected chi connectivity index (χ3v) is 5.37. The van der Waals surface area contributed by atoms with Gasteiger partial charge in [-0.25, -0.2) is 9.97 Å². The molecule has 106 valence electrons. The summed E-state index contributed by atoms with van der Waals surface area (Å²) in [7, 11) is 0. The number of carbonyl (C=O) groups is 1. The number of nitrogens with zero attached hydrogens (tertiary/aromatic N) is 2. The van der Waals surface area contributed by atoms with Crippen LogP contribution in [0.4, 0.5) is 5.82 Å². The third-order valence-electron chi connectivity index (χ3n) is 2.67. The molecule has 0 radical (unpaired) electrons. The first-order valence-electron chi connectivity index (χ1n) is 6.06. The second kappa shape index (κ2) is 6.05. The summed E-state index contributed by atoms with van der Waals surface area (Å²) < 4.78 is 1.02. The zero-order chi connectivity index (χ0) is 14.8. The van der Waals surface area contributed by atoms with Crippen molar-refractivity contribution < 1.29 is 4.79 Å². The summed E-state index contributed by atoms with van der Waals surface area (Å²) in [5.41, 5.74) is 1.45. The van der Waals surface area contributed by atoms with E-state index in [2.05, 4.69) is 31.2 Å². The fourth-order valence-corrected chi connectivity index (χ4v) is 3.95. The fourth-order valence-electron chi connectivity index (χ4n) is 1.64. The van der Waals surface area contributed by atoms with Crippen molar-refractivity contribution in [2.45, 2.75) is 6.92 Å². The highest BCUT2D eigenvalue weighted by Gasteiger charge is 2.13. The van der Waals surface area contributed by atoms with Crippen LogP contribution in [0.15, 0.2) is 39.6 Å². The van der Waals surface area contributed by atoms with Gasteiger partial charge >= 0.3 is 0 Å². The molecular formula is C14H10BrN3OS2. The van der Waals surface area contributed by atoms with Gasteiger partial charge < -0.3 is 5.32 Å². The van der Waals surface area contributed by atoms with Crippen LogP contribution in [0.1, 0.15) is 16.1 Å². The number of halogens is 1. The molecule has 0 bridgehead atoms. The molecule has 0 aliphatic carbocycles. The summed E-state index contributed by atoms with van der Waals surface area (Å²) in [5, 5.41) is 7.33. The number of hydrogen-bond donors (Lipinski definition) is 1. The molecule has 3 rings (SSSR count). The lowest BCUT2D eigenvalue weighted by atomic mass is 10.3. The zero-order valence-corrected chi connectivity index (χ0v) is 14.2. The molecule has 1 N–H and O–H groups in total. The molecule has 0 saturated carbocycles. The summed E-state index contributed by atoms with van der Waals surface area (Å²) in [6, 6.07) is 5.67.